The molecule has 10 heavy (non-hydrogen) atoms. The Labute approximate surface area is 65.7 Å². The van der Waals surface area contributed by atoms with Crippen LogP contribution in [0.2, 0.25) is 0 Å². The second-order valence-corrected chi connectivity index (χ2v) is 1.95. The van der Waals surface area contributed by atoms with Crippen molar-refractivity contribution in [2.75, 3.05) is 19.5 Å². The molecule has 0 aromatic carbocycles. The highest BCUT2D eigenvalue weighted by Gasteiger charge is 2.05. The van der Waals surface area contributed by atoms with Crippen LogP contribution in [0.25, 0.3) is 0 Å². The molecule has 0 aliphatic carbocycles. The van der Waals surface area contributed by atoms with Crippen molar-refractivity contribution in [2.45, 2.75) is 6.92 Å². The zero-order valence-electron chi connectivity index (χ0n) is 6.17. The Bertz CT molecular complexity index is 136. The van der Waals surface area contributed by atoms with Gasteiger partial charge in [0, 0.05) is 13.6 Å². The van der Waals surface area contributed by atoms with E-state index in [2.05, 4.69) is 4.99 Å². The summed E-state index contributed by atoms with van der Waals surface area (Å²) < 4.78 is 0. The van der Waals surface area contributed by atoms with Crippen molar-refractivity contribution in [3.05, 3.63) is 0 Å². The van der Waals surface area contributed by atoms with Crippen LogP contribution in [0.3, 0.4) is 0 Å². The van der Waals surface area contributed by atoms with E-state index in [1.807, 2.05) is 6.92 Å². The first kappa shape index (κ1) is 9.43. The summed E-state index contributed by atoms with van der Waals surface area (Å²) in [6, 6.07) is 0. The Morgan fingerprint density at radius 3 is 2.70 bits per heavy atom. The van der Waals surface area contributed by atoms with Gasteiger partial charge in [0.05, 0.1) is 6.34 Å². The summed E-state index contributed by atoms with van der Waals surface area (Å²) in [7, 11) is 1.62. The lowest BCUT2D eigenvalue weighted by Crippen LogP contribution is -2.30. The van der Waals surface area contributed by atoms with Gasteiger partial charge in [0.25, 0.3) is 0 Å². The van der Waals surface area contributed by atoms with E-state index in [1.165, 1.54) is 11.2 Å². The molecule has 0 aliphatic rings. The van der Waals surface area contributed by atoms with Crippen LogP contribution in [0.5, 0.6) is 0 Å². The molecule has 1 amide bonds. The minimum absolute atomic E-state index is 0.0137. The highest BCUT2D eigenvalue weighted by atomic mass is 35.5. The van der Waals surface area contributed by atoms with Gasteiger partial charge in [-0.2, -0.15) is 0 Å². The quantitative estimate of drug-likeness (QED) is 0.342. The first-order chi connectivity index (χ1) is 4.76. The molecule has 0 rings (SSSR count). The first-order valence-electron chi connectivity index (χ1n) is 3.04. The molecule has 0 bridgehead atoms. The van der Waals surface area contributed by atoms with E-state index in [0.717, 1.165) is 0 Å². The molecule has 4 heteroatoms. The summed E-state index contributed by atoms with van der Waals surface area (Å²) in [5.74, 6) is -0.102. The minimum Gasteiger partial charge on any atom is -0.303 e. The standard InChI is InChI=1S/C6H11ClN2O/c1-3-9(5-8-2)6(10)4-7/h5H,3-4H2,1-2H3/b8-5+. The van der Waals surface area contributed by atoms with Crippen molar-refractivity contribution in [1.29, 1.82) is 0 Å². The van der Waals surface area contributed by atoms with E-state index < -0.39 is 0 Å². The Kier molecular flexibility index (Phi) is 4.94. The summed E-state index contributed by atoms with van der Waals surface area (Å²) in [5.41, 5.74) is 0. The number of halogens is 1. The highest BCUT2D eigenvalue weighted by molar-refractivity contribution is 6.27. The lowest BCUT2D eigenvalue weighted by Gasteiger charge is -2.11. The van der Waals surface area contributed by atoms with E-state index in [-0.39, 0.29) is 11.8 Å². The molecular formula is C6H11ClN2O. The third-order valence-electron chi connectivity index (χ3n) is 1.03. The molecule has 0 aromatic heterocycles. The zero-order chi connectivity index (χ0) is 7.98. The SMILES string of the molecule is CCN(/C=N/C)C(=O)CCl. The molecule has 0 N–H and O–H groups in total. The number of nitrogens with zero attached hydrogens (tertiary/aromatic N) is 2. The van der Waals surface area contributed by atoms with Crippen molar-refractivity contribution in [3.8, 4) is 0 Å². The van der Waals surface area contributed by atoms with E-state index in [9.17, 15) is 4.79 Å². The van der Waals surface area contributed by atoms with Crippen LogP contribution in [-0.2, 0) is 4.79 Å². The first-order valence-corrected chi connectivity index (χ1v) is 3.57. The molecule has 0 aromatic rings. The largest absolute Gasteiger partial charge is 0.303 e. The number of hydrogen-bond acceptors (Lipinski definition) is 2. The van der Waals surface area contributed by atoms with Crippen LogP contribution in [0.4, 0.5) is 0 Å². The average molecular weight is 163 g/mol. The van der Waals surface area contributed by atoms with Crippen LogP contribution >= 0.6 is 11.6 Å². The normalized spacial score (nSPS) is 10.3. The number of hydrogen-bond donors (Lipinski definition) is 0. The van der Waals surface area contributed by atoms with Crippen molar-refractivity contribution < 1.29 is 4.79 Å². The fraction of sp³-hybridized carbons (Fsp3) is 0.667. The van der Waals surface area contributed by atoms with Gasteiger partial charge in [-0.1, -0.05) is 0 Å². The fourth-order valence-electron chi connectivity index (χ4n) is 0.539. The maximum Gasteiger partial charge on any atom is 0.242 e. The molecule has 0 heterocycles. The van der Waals surface area contributed by atoms with Crippen molar-refractivity contribution in [2.24, 2.45) is 4.99 Å². The van der Waals surface area contributed by atoms with Gasteiger partial charge in [-0.05, 0) is 6.92 Å². The second-order valence-electron chi connectivity index (χ2n) is 1.69. The van der Waals surface area contributed by atoms with Crippen molar-refractivity contribution in [1.82, 2.24) is 4.90 Å². The van der Waals surface area contributed by atoms with Crippen molar-refractivity contribution >= 4 is 23.8 Å². The molecule has 0 saturated heterocycles. The molecule has 0 spiro atoms. The van der Waals surface area contributed by atoms with Crippen LogP contribution in [0, 0.1) is 0 Å². The summed E-state index contributed by atoms with van der Waals surface area (Å²) >= 11 is 5.31. The lowest BCUT2D eigenvalue weighted by atomic mass is 10.5. The average Bonchev–Trinajstić information content (AvgIpc) is 1.99. The lowest BCUT2D eigenvalue weighted by molar-refractivity contribution is -0.124. The van der Waals surface area contributed by atoms with Gasteiger partial charge in [-0.3, -0.25) is 9.79 Å². The van der Waals surface area contributed by atoms with E-state index >= 15 is 0 Å². The molecule has 58 valence electrons. The summed E-state index contributed by atoms with van der Waals surface area (Å²) in [6.07, 6.45) is 1.48. The van der Waals surface area contributed by atoms with E-state index in [1.54, 1.807) is 7.05 Å². The number of carbonyl (C=O) groups is 1. The Morgan fingerprint density at radius 1 is 1.80 bits per heavy atom. The minimum atomic E-state index is -0.116. The van der Waals surface area contributed by atoms with Gasteiger partial charge in [0.2, 0.25) is 5.91 Å². The predicted octanol–water partition coefficient (Wildman–Crippen LogP) is 0.732. The highest BCUT2D eigenvalue weighted by Crippen LogP contribution is 1.87. The number of amides is 1. The van der Waals surface area contributed by atoms with Gasteiger partial charge in [-0.15, -0.1) is 11.6 Å². The number of rotatable bonds is 3. The summed E-state index contributed by atoms with van der Waals surface area (Å²) in [5, 5.41) is 0. The number of aliphatic imine (C=N–C) groups is 1. The van der Waals surface area contributed by atoms with E-state index in [4.69, 9.17) is 11.6 Å². The zero-order valence-corrected chi connectivity index (χ0v) is 6.93. The maximum absolute atomic E-state index is 10.8. The van der Waals surface area contributed by atoms with Gasteiger partial charge >= 0.3 is 0 Å². The van der Waals surface area contributed by atoms with Crippen molar-refractivity contribution in [3.63, 3.8) is 0 Å². The smallest absolute Gasteiger partial charge is 0.242 e. The third kappa shape index (κ3) is 2.82. The number of carbonyl (C=O) groups excluding carboxylic acids is 1. The Morgan fingerprint density at radius 2 is 2.40 bits per heavy atom. The topological polar surface area (TPSA) is 32.7 Å². The molecule has 0 saturated carbocycles. The van der Waals surface area contributed by atoms with Gasteiger partial charge < -0.3 is 4.90 Å². The van der Waals surface area contributed by atoms with E-state index in [0.29, 0.717) is 6.54 Å². The predicted molar refractivity (Wildman–Crippen MR) is 42.5 cm³/mol. The molecule has 0 aliphatic heterocycles. The van der Waals surface area contributed by atoms with Gasteiger partial charge in [-0.25, -0.2) is 0 Å². The molecule has 0 unspecified atom stereocenters. The molecular weight excluding hydrogens is 152 g/mol. The van der Waals surface area contributed by atoms with Crippen LogP contribution in [-0.4, -0.2) is 36.6 Å². The van der Waals surface area contributed by atoms with Crippen LogP contribution in [0.15, 0.2) is 4.99 Å². The molecule has 3 nitrogen and oxygen atoms in total. The van der Waals surface area contributed by atoms with Crippen LogP contribution < -0.4 is 0 Å². The fourth-order valence-corrected chi connectivity index (χ4v) is 0.692. The third-order valence-corrected chi connectivity index (χ3v) is 1.26. The number of alkyl halides is 1. The molecule has 0 fully saturated rings. The molecule has 0 radical (unpaired) electrons. The summed E-state index contributed by atoms with van der Waals surface area (Å²) in [6.45, 7) is 2.48. The maximum atomic E-state index is 10.8. The Balaban J connectivity index is 3.93. The second kappa shape index (κ2) is 5.23. The monoisotopic (exact) mass is 162 g/mol. The van der Waals surface area contributed by atoms with Gasteiger partial charge in [0.15, 0.2) is 0 Å². The Hall–Kier alpha value is -0.570. The van der Waals surface area contributed by atoms with Gasteiger partial charge in [0.1, 0.15) is 5.88 Å². The molecule has 0 atom stereocenters. The van der Waals surface area contributed by atoms with Crippen LogP contribution in [0.1, 0.15) is 6.92 Å². The summed E-state index contributed by atoms with van der Waals surface area (Å²) in [4.78, 5) is 16.0.